The molecule has 2 aliphatic heterocycles. The fourth-order valence-electron chi connectivity index (χ4n) is 5.16. The molecule has 1 aromatic carbocycles. The van der Waals surface area contributed by atoms with Gasteiger partial charge in [-0.15, -0.1) is 0 Å². The Kier molecular flexibility index (Phi) is 10.5. The summed E-state index contributed by atoms with van der Waals surface area (Å²) in [7, 11) is 2.76. The van der Waals surface area contributed by atoms with Crippen LogP contribution in [-0.2, 0) is 14.5 Å². The van der Waals surface area contributed by atoms with Gasteiger partial charge in [-0.25, -0.2) is 33.0 Å². The highest BCUT2D eigenvalue weighted by molar-refractivity contribution is 5.96. The van der Waals surface area contributed by atoms with Crippen molar-refractivity contribution in [3.63, 3.8) is 0 Å². The highest BCUT2D eigenvalue weighted by Crippen LogP contribution is 2.35. The molecular formula is C28H35F2N5O5. The van der Waals surface area contributed by atoms with Gasteiger partial charge < -0.3 is 20.3 Å². The van der Waals surface area contributed by atoms with Gasteiger partial charge in [-0.1, -0.05) is 12.1 Å². The van der Waals surface area contributed by atoms with E-state index in [1.165, 1.54) is 20.3 Å². The molecule has 10 nitrogen and oxygen atoms in total. The second-order valence-corrected chi connectivity index (χ2v) is 9.70. The molecule has 4 rings (SSSR count). The predicted molar refractivity (Wildman–Crippen MR) is 142 cm³/mol. The molecule has 0 saturated carbocycles. The highest BCUT2D eigenvalue weighted by Gasteiger charge is 2.40. The molecule has 216 valence electrons. The number of imide groups is 1. The van der Waals surface area contributed by atoms with E-state index in [1.54, 1.807) is 0 Å². The Morgan fingerprint density at radius 2 is 1.93 bits per heavy atom. The lowest BCUT2D eigenvalue weighted by Crippen LogP contribution is -2.55. The fraction of sp³-hybridized carbons (Fsp3) is 0.464. The monoisotopic (exact) mass is 559 g/mol. The van der Waals surface area contributed by atoms with Gasteiger partial charge in [0.05, 0.1) is 19.8 Å². The van der Waals surface area contributed by atoms with E-state index in [4.69, 9.17) is 14.5 Å². The molecule has 2 N–H and O–H groups in total. The minimum absolute atomic E-state index is 0.000804. The van der Waals surface area contributed by atoms with Crippen LogP contribution in [0.25, 0.3) is 0 Å². The summed E-state index contributed by atoms with van der Waals surface area (Å²) in [5.41, 5.74) is 2.07. The van der Waals surface area contributed by atoms with Gasteiger partial charge in [0.15, 0.2) is 11.6 Å². The molecule has 1 atom stereocenters. The van der Waals surface area contributed by atoms with Gasteiger partial charge in [-0.3, -0.25) is 4.98 Å². The third-order valence-corrected chi connectivity index (χ3v) is 7.17. The van der Waals surface area contributed by atoms with E-state index < -0.39 is 29.7 Å². The Bertz CT molecular complexity index is 1190. The van der Waals surface area contributed by atoms with Crippen molar-refractivity contribution in [1.29, 1.82) is 0 Å². The average Bonchev–Trinajstić information content (AvgIpc) is 2.97. The first kappa shape index (κ1) is 29.5. The number of piperidine rings is 1. The highest BCUT2D eigenvalue weighted by atomic mass is 19.2. The number of nitrogens with zero attached hydrogens (tertiary/aromatic N) is 3. The van der Waals surface area contributed by atoms with Crippen LogP contribution in [0.2, 0.25) is 0 Å². The maximum absolute atomic E-state index is 14.2. The normalized spacial score (nSPS) is 18.6. The number of halogens is 2. The predicted octanol–water partition coefficient (Wildman–Crippen LogP) is 3.88. The van der Waals surface area contributed by atoms with Crippen molar-refractivity contribution >= 4 is 12.1 Å². The molecule has 12 heteroatoms. The van der Waals surface area contributed by atoms with E-state index in [0.717, 1.165) is 55.2 Å². The third-order valence-electron chi connectivity index (χ3n) is 7.17. The minimum atomic E-state index is -1.10. The smallest absolute Gasteiger partial charge is 0.330 e. The van der Waals surface area contributed by atoms with E-state index in [1.807, 2.05) is 18.3 Å². The van der Waals surface area contributed by atoms with Crippen LogP contribution in [0.4, 0.5) is 18.4 Å². The number of carbonyl (C=O) groups is 2. The van der Waals surface area contributed by atoms with Crippen LogP contribution in [0, 0.1) is 11.6 Å². The zero-order chi connectivity index (χ0) is 28.5. The molecular weight excluding hydrogens is 524 g/mol. The summed E-state index contributed by atoms with van der Waals surface area (Å²) in [6.07, 6.45) is 4.55. The molecule has 0 spiro atoms. The number of amides is 4. The molecule has 4 amide bonds. The molecule has 1 fully saturated rings. The lowest BCUT2D eigenvalue weighted by molar-refractivity contribution is -0.266. The van der Waals surface area contributed by atoms with Crippen molar-refractivity contribution in [3.05, 3.63) is 76.8 Å². The summed E-state index contributed by atoms with van der Waals surface area (Å²) in [5, 5.41) is 5.46. The first-order valence-electron chi connectivity index (χ1n) is 13.3. The Labute approximate surface area is 232 Å². The van der Waals surface area contributed by atoms with Gasteiger partial charge in [0.2, 0.25) is 0 Å². The van der Waals surface area contributed by atoms with Crippen molar-refractivity contribution in [3.8, 4) is 0 Å². The van der Waals surface area contributed by atoms with E-state index in [9.17, 15) is 18.4 Å². The summed E-state index contributed by atoms with van der Waals surface area (Å²) in [4.78, 5) is 44.1. The number of carbonyl (C=O) groups excluding carboxylic acids is 2. The van der Waals surface area contributed by atoms with Gasteiger partial charge in [-0.2, -0.15) is 0 Å². The molecule has 40 heavy (non-hydrogen) atoms. The van der Waals surface area contributed by atoms with Gasteiger partial charge in [0, 0.05) is 42.7 Å². The van der Waals surface area contributed by atoms with Crippen molar-refractivity contribution in [2.45, 2.75) is 31.2 Å². The molecule has 0 bridgehead atoms. The fourth-order valence-corrected chi connectivity index (χ4v) is 5.16. The topological polar surface area (TPSA) is 105 Å². The van der Waals surface area contributed by atoms with Crippen molar-refractivity contribution < 1.29 is 32.9 Å². The maximum Gasteiger partial charge on any atom is 0.330 e. The third kappa shape index (κ3) is 7.19. The largest absolute Gasteiger partial charge is 0.378 e. The van der Waals surface area contributed by atoms with Crippen LogP contribution in [-0.4, -0.2) is 80.5 Å². The van der Waals surface area contributed by atoms with Crippen LogP contribution in [0.15, 0.2) is 53.9 Å². The number of methoxy groups -OCH3 is 1. The van der Waals surface area contributed by atoms with E-state index in [2.05, 4.69) is 26.6 Å². The molecule has 0 radical (unpaired) electrons. The number of pyridine rings is 1. The number of rotatable bonds is 11. The Morgan fingerprint density at radius 3 is 2.60 bits per heavy atom. The van der Waals surface area contributed by atoms with Crippen LogP contribution in [0.3, 0.4) is 0 Å². The number of ether oxygens (including phenoxy) is 1. The van der Waals surface area contributed by atoms with Crippen molar-refractivity contribution in [1.82, 2.24) is 25.4 Å². The summed E-state index contributed by atoms with van der Waals surface area (Å²) in [6.45, 7) is 2.85. The lowest BCUT2D eigenvalue weighted by atomic mass is 9.93. The summed E-state index contributed by atoms with van der Waals surface area (Å²) >= 11 is 0. The number of benzene rings is 1. The Morgan fingerprint density at radius 1 is 1.12 bits per heavy atom. The van der Waals surface area contributed by atoms with E-state index in [0.29, 0.717) is 30.2 Å². The number of hydrogen-bond donors (Lipinski definition) is 2. The standard InChI is InChI=1S/C28H35F2N5O5/c1-38-18-25-21(17-40-39-2)26(20-7-8-22(29)23(30)16-20)35(28(37)33-25)27(36)32-12-5-13-34-14-9-19(10-15-34)24-6-3-4-11-31-24/h3-4,6-8,11,16,19,26H,5,9-10,12-15,17-18H2,1-2H3,(H,32,36)(H,33,37). The number of nitrogens with one attached hydrogen (secondary N) is 2. The second kappa shape index (κ2) is 14.3. The number of aromatic nitrogens is 1. The summed E-state index contributed by atoms with van der Waals surface area (Å²) < 4.78 is 33.2. The van der Waals surface area contributed by atoms with Crippen LogP contribution < -0.4 is 10.6 Å². The van der Waals surface area contributed by atoms with Gasteiger partial charge >= 0.3 is 12.1 Å². The molecule has 1 aromatic heterocycles. The first-order chi connectivity index (χ1) is 19.4. The van der Waals surface area contributed by atoms with E-state index in [-0.39, 0.29) is 18.8 Å². The zero-order valence-electron chi connectivity index (χ0n) is 22.7. The maximum atomic E-state index is 14.2. The Hall–Kier alpha value is -3.45. The minimum Gasteiger partial charge on any atom is -0.378 e. The van der Waals surface area contributed by atoms with E-state index >= 15 is 0 Å². The second-order valence-electron chi connectivity index (χ2n) is 9.70. The molecule has 1 unspecified atom stereocenters. The van der Waals surface area contributed by atoms with Crippen LogP contribution >= 0.6 is 0 Å². The molecule has 0 aliphatic carbocycles. The molecule has 1 saturated heterocycles. The number of hydrogen-bond acceptors (Lipinski definition) is 7. The van der Waals surface area contributed by atoms with Gasteiger partial charge in [0.25, 0.3) is 0 Å². The molecule has 3 heterocycles. The van der Waals surface area contributed by atoms with Crippen molar-refractivity contribution in [2.75, 3.05) is 53.6 Å². The molecule has 2 aromatic rings. The first-order valence-corrected chi connectivity index (χ1v) is 13.3. The van der Waals surface area contributed by atoms with Crippen LogP contribution in [0.1, 0.15) is 42.5 Å². The van der Waals surface area contributed by atoms with Crippen LogP contribution in [0.5, 0.6) is 0 Å². The Balaban J connectivity index is 1.40. The number of likely N-dealkylation sites (tertiary alicyclic amines) is 1. The quantitative estimate of drug-likeness (QED) is 0.245. The summed E-state index contributed by atoms with van der Waals surface area (Å²) in [6, 6.07) is 6.77. The number of urea groups is 2. The lowest BCUT2D eigenvalue weighted by Gasteiger charge is -2.37. The average molecular weight is 560 g/mol. The van der Waals surface area contributed by atoms with Gasteiger partial charge in [-0.05, 0) is 68.7 Å². The SMILES string of the molecule is COCC1=C(COOC)C(c2ccc(F)c(F)c2)N(C(=O)NCCCN2CCC(c3ccccn3)CC2)C(=O)N1. The summed E-state index contributed by atoms with van der Waals surface area (Å²) in [5.74, 6) is -1.69. The zero-order valence-corrected chi connectivity index (χ0v) is 22.7. The van der Waals surface area contributed by atoms with Gasteiger partial charge in [0.1, 0.15) is 6.61 Å². The van der Waals surface area contributed by atoms with Crippen molar-refractivity contribution in [2.24, 2.45) is 0 Å². The molecule has 2 aliphatic rings.